The van der Waals surface area contributed by atoms with Gasteiger partial charge in [0.05, 0.1) is 0 Å². The van der Waals surface area contributed by atoms with Crippen molar-refractivity contribution in [2.75, 3.05) is 7.05 Å². The quantitative estimate of drug-likeness (QED) is 0.607. The van der Waals surface area contributed by atoms with Gasteiger partial charge in [0.25, 0.3) is 5.91 Å². The van der Waals surface area contributed by atoms with Crippen LogP contribution in [-0.2, 0) is 0 Å². The molecule has 1 rings (SSSR count). The molecule has 0 aliphatic heterocycles. The molecule has 0 spiro atoms. The highest BCUT2D eigenvalue weighted by Gasteiger charge is 2.01. The van der Waals surface area contributed by atoms with Crippen molar-refractivity contribution < 1.29 is 4.79 Å². The van der Waals surface area contributed by atoms with Crippen molar-refractivity contribution in [2.24, 2.45) is 0 Å². The topological polar surface area (TPSA) is 42.0 Å². The molecule has 0 aromatic carbocycles. The first-order valence-corrected chi connectivity index (χ1v) is 3.56. The first-order chi connectivity index (χ1) is 5.24. The van der Waals surface area contributed by atoms with Gasteiger partial charge in [-0.25, -0.2) is 4.98 Å². The van der Waals surface area contributed by atoms with Crippen LogP contribution in [-0.4, -0.2) is 17.9 Å². The predicted octanol–water partition coefficient (Wildman–Crippen LogP) is 0.730. The Bertz CT molecular complexity index is 258. The van der Waals surface area contributed by atoms with Crippen LogP contribution >= 0.6 is 12.6 Å². The van der Waals surface area contributed by atoms with Gasteiger partial charge in [-0.1, -0.05) is 0 Å². The second-order valence-corrected chi connectivity index (χ2v) is 2.50. The van der Waals surface area contributed by atoms with Gasteiger partial charge in [-0.15, -0.1) is 12.6 Å². The van der Waals surface area contributed by atoms with Crippen LogP contribution in [0.4, 0.5) is 0 Å². The molecule has 11 heavy (non-hydrogen) atoms. The van der Waals surface area contributed by atoms with Crippen molar-refractivity contribution in [1.29, 1.82) is 0 Å². The maximum Gasteiger partial charge on any atom is 0.269 e. The van der Waals surface area contributed by atoms with Crippen molar-refractivity contribution >= 4 is 18.5 Å². The summed E-state index contributed by atoms with van der Waals surface area (Å²) < 4.78 is 0. The van der Waals surface area contributed by atoms with Crippen LogP contribution in [0.2, 0.25) is 0 Å². The van der Waals surface area contributed by atoms with E-state index in [-0.39, 0.29) is 5.91 Å². The molecule has 0 bridgehead atoms. The minimum Gasteiger partial charge on any atom is -0.354 e. The van der Waals surface area contributed by atoms with E-state index >= 15 is 0 Å². The lowest BCUT2D eigenvalue weighted by atomic mass is 10.3. The third kappa shape index (κ3) is 1.94. The summed E-state index contributed by atoms with van der Waals surface area (Å²) >= 11 is 4.04. The van der Waals surface area contributed by atoms with Crippen LogP contribution < -0.4 is 5.32 Å². The summed E-state index contributed by atoms with van der Waals surface area (Å²) in [6, 6.07) is 3.35. The maximum absolute atomic E-state index is 10.9. The van der Waals surface area contributed by atoms with Gasteiger partial charge in [0.15, 0.2) is 0 Å². The molecule has 1 heterocycles. The van der Waals surface area contributed by atoms with Crippen molar-refractivity contribution in [1.82, 2.24) is 10.3 Å². The van der Waals surface area contributed by atoms with Gasteiger partial charge in [-0.2, -0.15) is 0 Å². The Hall–Kier alpha value is -1.03. The van der Waals surface area contributed by atoms with Gasteiger partial charge < -0.3 is 5.32 Å². The third-order valence-electron chi connectivity index (χ3n) is 1.21. The molecule has 0 unspecified atom stereocenters. The molecule has 3 nitrogen and oxygen atoms in total. The van der Waals surface area contributed by atoms with Crippen LogP contribution in [0.15, 0.2) is 23.2 Å². The molecule has 0 saturated heterocycles. The van der Waals surface area contributed by atoms with Gasteiger partial charge in [-0.05, 0) is 12.1 Å². The van der Waals surface area contributed by atoms with E-state index < -0.39 is 0 Å². The number of rotatable bonds is 1. The molecule has 58 valence electrons. The fourth-order valence-electron chi connectivity index (χ4n) is 0.648. The predicted molar refractivity (Wildman–Crippen MR) is 44.9 cm³/mol. The molecule has 0 fully saturated rings. The van der Waals surface area contributed by atoms with Gasteiger partial charge in [-0.3, -0.25) is 4.79 Å². The van der Waals surface area contributed by atoms with Crippen LogP contribution in [0.25, 0.3) is 0 Å². The van der Waals surface area contributed by atoms with Crippen molar-refractivity contribution in [3.05, 3.63) is 24.0 Å². The highest BCUT2D eigenvalue weighted by molar-refractivity contribution is 7.80. The summed E-state index contributed by atoms with van der Waals surface area (Å²) in [6.07, 6.45) is 1.54. The second-order valence-electron chi connectivity index (χ2n) is 1.98. The molecular formula is C7H8N2OS. The zero-order chi connectivity index (χ0) is 8.27. The Morgan fingerprint density at radius 1 is 1.64 bits per heavy atom. The molecule has 1 amide bonds. The van der Waals surface area contributed by atoms with Crippen molar-refractivity contribution in [3.8, 4) is 0 Å². The van der Waals surface area contributed by atoms with E-state index in [4.69, 9.17) is 0 Å². The molecule has 1 N–H and O–H groups in total. The fourth-order valence-corrected chi connectivity index (χ4v) is 0.781. The Morgan fingerprint density at radius 2 is 2.36 bits per heavy atom. The molecule has 0 saturated carbocycles. The maximum atomic E-state index is 10.9. The number of amides is 1. The monoisotopic (exact) mass is 168 g/mol. The molecule has 1 aromatic heterocycles. The lowest BCUT2D eigenvalue weighted by Gasteiger charge is -1.97. The summed E-state index contributed by atoms with van der Waals surface area (Å²) in [6.45, 7) is 0. The lowest BCUT2D eigenvalue weighted by molar-refractivity contribution is 0.0958. The molecule has 4 heteroatoms. The van der Waals surface area contributed by atoms with Crippen LogP contribution in [0, 0.1) is 0 Å². The number of aromatic nitrogens is 1. The first kappa shape index (κ1) is 8.07. The largest absolute Gasteiger partial charge is 0.354 e. The summed E-state index contributed by atoms with van der Waals surface area (Å²) in [5, 5.41) is 2.47. The minimum absolute atomic E-state index is 0.182. The summed E-state index contributed by atoms with van der Waals surface area (Å²) in [4.78, 5) is 15.5. The van der Waals surface area contributed by atoms with Gasteiger partial charge in [0.2, 0.25) is 0 Å². The van der Waals surface area contributed by atoms with Gasteiger partial charge in [0, 0.05) is 18.1 Å². The van der Waals surface area contributed by atoms with E-state index in [9.17, 15) is 4.79 Å². The third-order valence-corrected chi connectivity index (χ3v) is 1.47. The number of nitrogens with zero attached hydrogens (tertiary/aromatic N) is 1. The molecule has 1 aromatic rings. The SMILES string of the molecule is CNC(=O)c1ccc(S)cn1. The molecule has 0 aliphatic carbocycles. The van der Waals surface area contributed by atoms with Gasteiger partial charge in [0.1, 0.15) is 5.69 Å². The van der Waals surface area contributed by atoms with E-state index in [1.807, 2.05) is 0 Å². The number of hydrogen-bond donors (Lipinski definition) is 2. The highest BCUT2D eigenvalue weighted by Crippen LogP contribution is 2.03. The van der Waals surface area contributed by atoms with Crippen LogP contribution in [0.3, 0.4) is 0 Å². The second kappa shape index (κ2) is 3.39. The Balaban J connectivity index is 2.90. The van der Waals surface area contributed by atoms with Crippen LogP contribution in [0.1, 0.15) is 10.5 Å². The first-order valence-electron chi connectivity index (χ1n) is 3.11. The number of pyridine rings is 1. The van der Waals surface area contributed by atoms with Crippen molar-refractivity contribution in [3.63, 3.8) is 0 Å². The number of carbonyl (C=O) groups is 1. The molecule has 0 radical (unpaired) electrons. The van der Waals surface area contributed by atoms with Crippen LogP contribution in [0.5, 0.6) is 0 Å². The smallest absolute Gasteiger partial charge is 0.269 e. The number of carbonyl (C=O) groups excluding carboxylic acids is 1. The Morgan fingerprint density at radius 3 is 2.82 bits per heavy atom. The minimum atomic E-state index is -0.182. The summed E-state index contributed by atoms with van der Waals surface area (Å²) in [5.74, 6) is -0.182. The van der Waals surface area contributed by atoms with Crippen molar-refractivity contribution in [2.45, 2.75) is 4.90 Å². The zero-order valence-corrected chi connectivity index (χ0v) is 6.93. The molecular weight excluding hydrogens is 160 g/mol. The number of hydrogen-bond acceptors (Lipinski definition) is 3. The van der Waals surface area contributed by atoms with E-state index in [1.54, 1.807) is 19.2 Å². The highest BCUT2D eigenvalue weighted by atomic mass is 32.1. The summed E-state index contributed by atoms with van der Waals surface area (Å²) in [5.41, 5.74) is 0.408. The standard InChI is InChI=1S/C7H8N2OS/c1-8-7(10)6-3-2-5(11)4-9-6/h2-4,11H,1H3,(H,8,10). The Kier molecular flexibility index (Phi) is 2.48. The van der Waals surface area contributed by atoms with Gasteiger partial charge >= 0.3 is 0 Å². The number of nitrogens with one attached hydrogen (secondary N) is 1. The fraction of sp³-hybridized carbons (Fsp3) is 0.143. The normalized spacial score (nSPS) is 9.27. The lowest BCUT2D eigenvalue weighted by Crippen LogP contribution is -2.18. The van der Waals surface area contributed by atoms with E-state index in [0.29, 0.717) is 5.69 Å². The molecule has 0 aliphatic rings. The Labute approximate surface area is 70.2 Å². The number of thiol groups is 1. The zero-order valence-electron chi connectivity index (χ0n) is 6.03. The molecule has 0 atom stereocenters. The van der Waals surface area contributed by atoms with E-state index in [1.165, 1.54) is 6.20 Å². The van der Waals surface area contributed by atoms with E-state index in [0.717, 1.165) is 4.90 Å². The average Bonchev–Trinajstić information content (AvgIpc) is 2.05. The average molecular weight is 168 g/mol. The summed E-state index contributed by atoms with van der Waals surface area (Å²) in [7, 11) is 1.57. The van der Waals surface area contributed by atoms with E-state index in [2.05, 4.69) is 22.9 Å².